The summed E-state index contributed by atoms with van der Waals surface area (Å²) in [4.78, 5) is 0. The van der Waals surface area contributed by atoms with Gasteiger partial charge in [-0.2, -0.15) is 0 Å². The zero-order valence-electron chi connectivity index (χ0n) is 10.5. The van der Waals surface area contributed by atoms with Crippen molar-refractivity contribution in [1.29, 1.82) is 0 Å². The maximum absolute atomic E-state index is 3.55. The second-order valence-electron chi connectivity index (χ2n) is 6.01. The van der Waals surface area contributed by atoms with Crippen molar-refractivity contribution in [1.82, 2.24) is 5.32 Å². The van der Waals surface area contributed by atoms with Crippen LogP contribution in [0.25, 0.3) is 0 Å². The fraction of sp³-hybridized carbons (Fsp3) is 0.625. The molecule has 0 spiro atoms. The lowest BCUT2D eigenvalue weighted by Crippen LogP contribution is -2.16. The maximum Gasteiger partial charge on any atom is -0.000801 e. The Morgan fingerprint density at radius 2 is 1.71 bits per heavy atom. The molecule has 0 amide bonds. The van der Waals surface area contributed by atoms with Crippen LogP contribution in [0.5, 0.6) is 0 Å². The maximum atomic E-state index is 3.55. The number of hydrogen-bond acceptors (Lipinski definition) is 1. The van der Waals surface area contributed by atoms with Crippen LogP contribution >= 0.6 is 0 Å². The van der Waals surface area contributed by atoms with Crippen LogP contribution in [-0.2, 0) is 19.3 Å². The summed E-state index contributed by atoms with van der Waals surface area (Å²) in [5.41, 5.74) is 6.86. The van der Waals surface area contributed by atoms with Gasteiger partial charge in [0.1, 0.15) is 0 Å². The van der Waals surface area contributed by atoms with E-state index in [-0.39, 0.29) is 0 Å². The predicted molar refractivity (Wildman–Crippen MR) is 70.5 cm³/mol. The molecule has 1 heterocycles. The van der Waals surface area contributed by atoms with E-state index in [0.717, 1.165) is 11.8 Å². The monoisotopic (exact) mass is 227 g/mol. The van der Waals surface area contributed by atoms with E-state index in [2.05, 4.69) is 17.4 Å². The Hall–Kier alpha value is -0.820. The Morgan fingerprint density at radius 1 is 0.882 bits per heavy atom. The van der Waals surface area contributed by atoms with Gasteiger partial charge in [0, 0.05) is 0 Å². The second kappa shape index (κ2) is 3.84. The molecule has 0 aromatic heterocycles. The highest BCUT2D eigenvalue weighted by Crippen LogP contribution is 2.50. The summed E-state index contributed by atoms with van der Waals surface area (Å²) in [7, 11) is 0. The number of benzene rings is 1. The number of aryl methyl sites for hydroxylation is 1. The molecule has 1 atom stereocenters. The molecule has 2 aliphatic carbocycles. The Morgan fingerprint density at radius 3 is 2.59 bits per heavy atom. The average molecular weight is 227 g/mol. The molecule has 0 saturated heterocycles. The minimum Gasteiger partial charge on any atom is -0.316 e. The van der Waals surface area contributed by atoms with E-state index in [4.69, 9.17) is 0 Å². The van der Waals surface area contributed by atoms with Gasteiger partial charge >= 0.3 is 0 Å². The van der Waals surface area contributed by atoms with Crippen molar-refractivity contribution < 1.29 is 0 Å². The predicted octanol–water partition coefficient (Wildman–Crippen LogP) is 2.81. The SMILES string of the molecule is c1cc2c(c3c1CCNCC3)C(C1CC1)CC2. The van der Waals surface area contributed by atoms with Crippen LogP contribution in [-0.4, -0.2) is 13.1 Å². The Labute approximate surface area is 104 Å². The van der Waals surface area contributed by atoms with E-state index in [0.29, 0.717) is 0 Å². The summed E-state index contributed by atoms with van der Waals surface area (Å²) in [5.74, 6) is 1.97. The van der Waals surface area contributed by atoms with Crippen molar-refractivity contribution in [3.8, 4) is 0 Å². The first kappa shape index (κ1) is 10.1. The summed E-state index contributed by atoms with van der Waals surface area (Å²) in [6, 6.07) is 4.85. The van der Waals surface area contributed by atoms with Crippen LogP contribution in [0.2, 0.25) is 0 Å². The number of nitrogens with one attached hydrogen (secondary N) is 1. The molecule has 3 aliphatic rings. The first-order valence-corrected chi connectivity index (χ1v) is 7.28. The van der Waals surface area contributed by atoms with Gasteiger partial charge in [0.2, 0.25) is 0 Å². The van der Waals surface area contributed by atoms with Gasteiger partial charge in [-0.25, -0.2) is 0 Å². The highest BCUT2D eigenvalue weighted by Gasteiger charge is 2.38. The third-order valence-corrected chi connectivity index (χ3v) is 4.95. The molecule has 1 unspecified atom stereocenters. The van der Waals surface area contributed by atoms with Gasteiger partial charge in [0.15, 0.2) is 0 Å². The molecule has 1 nitrogen and oxygen atoms in total. The normalized spacial score (nSPS) is 27.4. The highest BCUT2D eigenvalue weighted by molar-refractivity contribution is 5.47. The van der Waals surface area contributed by atoms with E-state index < -0.39 is 0 Å². The quantitative estimate of drug-likeness (QED) is 0.778. The molecular weight excluding hydrogens is 206 g/mol. The molecule has 1 aromatic rings. The first-order chi connectivity index (χ1) is 8.43. The molecule has 1 N–H and O–H groups in total. The summed E-state index contributed by atoms with van der Waals surface area (Å²) in [6.45, 7) is 2.35. The lowest BCUT2D eigenvalue weighted by Gasteiger charge is -2.17. The van der Waals surface area contributed by atoms with E-state index in [9.17, 15) is 0 Å². The summed E-state index contributed by atoms with van der Waals surface area (Å²) in [5, 5.41) is 3.55. The van der Waals surface area contributed by atoms with Crippen molar-refractivity contribution in [2.45, 2.75) is 44.4 Å². The lowest BCUT2D eigenvalue weighted by molar-refractivity contribution is 0.595. The van der Waals surface area contributed by atoms with Crippen molar-refractivity contribution in [3.05, 3.63) is 34.4 Å². The fourth-order valence-electron chi connectivity index (χ4n) is 3.95. The van der Waals surface area contributed by atoms with Gasteiger partial charge in [0.25, 0.3) is 0 Å². The van der Waals surface area contributed by atoms with Crippen molar-refractivity contribution >= 4 is 0 Å². The van der Waals surface area contributed by atoms with Crippen molar-refractivity contribution in [2.75, 3.05) is 13.1 Å². The van der Waals surface area contributed by atoms with E-state index in [1.165, 1.54) is 51.6 Å². The summed E-state index contributed by atoms with van der Waals surface area (Å²) in [6.07, 6.45) is 8.26. The van der Waals surface area contributed by atoms with Crippen LogP contribution in [0.15, 0.2) is 12.1 Å². The largest absolute Gasteiger partial charge is 0.316 e. The molecule has 1 fully saturated rings. The first-order valence-electron chi connectivity index (χ1n) is 7.28. The molecule has 1 aliphatic heterocycles. The Bertz CT molecular complexity index is 445. The minimum atomic E-state index is 0.929. The lowest BCUT2D eigenvalue weighted by atomic mass is 9.87. The molecule has 0 bridgehead atoms. The van der Waals surface area contributed by atoms with Gasteiger partial charge in [0.05, 0.1) is 0 Å². The van der Waals surface area contributed by atoms with Gasteiger partial charge < -0.3 is 5.32 Å². The minimum absolute atomic E-state index is 0.929. The average Bonchev–Trinajstić information content (AvgIpc) is 3.14. The molecule has 1 aromatic carbocycles. The topological polar surface area (TPSA) is 12.0 Å². The molecule has 0 radical (unpaired) electrons. The van der Waals surface area contributed by atoms with Crippen LogP contribution in [0.4, 0.5) is 0 Å². The van der Waals surface area contributed by atoms with Crippen LogP contribution in [0.1, 0.15) is 47.4 Å². The van der Waals surface area contributed by atoms with Gasteiger partial charge in [-0.05, 0) is 85.7 Å². The molecule has 1 saturated carbocycles. The fourth-order valence-corrected chi connectivity index (χ4v) is 3.95. The number of fused-ring (bicyclic) bond motifs is 3. The van der Waals surface area contributed by atoms with Crippen molar-refractivity contribution in [2.24, 2.45) is 5.92 Å². The van der Waals surface area contributed by atoms with Crippen LogP contribution in [0.3, 0.4) is 0 Å². The van der Waals surface area contributed by atoms with Crippen LogP contribution in [0, 0.1) is 5.92 Å². The Balaban J connectivity index is 1.82. The smallest absolute Gasteiger partial charge is 0.000801 e. The van der Waals surface area contributed by atoms with E-state index in [1.807, 2.05) is 0 Å². The summed E-state index contributed by atoms with van der Waals surface area (Å²) < 4.78 is 0. The second-order valence-corrected chi connectivity index (χ2v) is 6.01. The third kappa shape index (κ3) is 1.63. The number of hydrogen-bond donors (Lipinski definition) is 1. The highest BCUT2D eigenvalue weighted by atomic mass is 14.8. The van der Waals surface area contributed by atoms with Gasteiger partial charge in [-0.1, -0.05) is 12.1 Å². The molecule has 90 valence electrons. The zero-order valence-corrected chi connectivity index (χ0v) is 10.5. The molecule has 4 rings (SSSR count). The van der Waals surface area contributed by atoms with Gasteiger partial charge in [-0.15, -0.1) is 0 Å². The summed E-state index contributed by atoms with van der Waals surface area (Å²) >= 11 is 0. The zero-order chi connectivity index (χ0) is 11.2. The number of rotatable bonds is 1. The molecular formula is C16H21N. The Kier molecular flexibility index (Phi) is 2.29. The standard InChI is InChI=1S/C16H21N/c1-2-11(1)14-6-5-13-4-3-12-7-9-17-10-8-15(12)16(13)14/h3-4,11,14,17H,1-2,5-10H2. The molecule has 17 heavy (non-hydrogen) atoms. The third-order valence-electron chi connectivity index (χ3n) is 4.95. The van der Waals surface area contributed by atoms with E-state index in [1.54, 1.807) is 22.3 Å². The van der Waals surface area contributed by atoms with E-state index >= 15 is 0 Å². The van der Waals surface area contributed by atoms with Crippen molar-refractivity contribution in [3.63, 3.8) is 0 Å². The van der Waals surface area contributed by atoms with Gasteiger partial charge in [-0.3, -0.25) is 0 Å². The molecule has 1 heteroatoms. The van der Waals surface area contributed by atoms with Crippen LogP contribution < -0.4 is 5.32 Å².